The fourth-order valence-electron chi connectivity index (χ4n) is 2.12. The zero-order chi connectivity index (χ0) is 14.8. The molecule has 2 heterocycles. The summed E-state index contributed by atoms with van der Waals surface area (Å²) in [5.74, 6) is -0.905. The second-order valence-electron chi connectivity index (χ2n) is 4.59. The van der Waals surface area contributed by atoms with Crippen molar-refractivity contribution in [3.63, 3.8) is 0 Å². The van der Waals surface area contributed by atoms with Crippen molar-refractivity contribution in [1.29, 1.82) is 0 Å². The molecule has 1 aliphatic heterocycles. The van der Waals surface area contributed by atoms with Crippen molar-refractivity contribution in [2.75, 3.05) is 6.61 Å². The van der Waals surface area contributed by atoms with Gasteiger partial charge < -0.3 is 10.1 Å². The summed E-state index contributed by atoms with van der Waals surface area (Å²) >= 11 is 0. The molecule has 0 fully saturated rings. The van der Waals surface area contributed by atoms with E-state index in [1.54, 1.807) is 24.3 Å². The van der Waals surface area contributed by atoms with E-state index < -0.39 is 17.8 Å². The molecule has 106 valence electrons. The number of amides is 1. The maximum Gasteiger partial charge on any atom is 0.253 e. The minimum atomic E-state index is -0.796. The highest BCUT2D eigenvalue weighted by atomic mass is 19.1. The summed E-state index contributed by atoms with van der Waals surface area (Å²) in [6.07, 6.45) is 2.24. The van der Waals surface area contributed by atoms with Crippen LogP contribution in [0.5, 0.6) is 5.75 Å². The van der Waals surface area contributed by atoms with E-state index >= 15 is 0 Å². The summed E-state index contributed by atoms with van der Waals surface area (Å²) in [6.45, 7) is 0.0460. The third kappa shape index (κ3) is 2.60. The molecule has 5 nitrogen and oxygen atoms in total. The Labute approximate surface area is 119 Å². The van der Waals surface area contributed by atoms with Gasteiger partial charge in [-0.25, -0.2) is 4.39 Å². The maximum atomic E-state index is 13.0. The molecule has 6 heteroatoms. The molecule has 0 spiro atoms. The predicted octanol–water partition coefficient (Wildman–Crippen LogP) is 1.59. The van der Waals surface area contributed by atoms with Crippen LogP contribution in [0.2, 0.25) is 0 Å². The van der Waals surface area contributed by atoms with Crippen LogP contribution in [0.4, 0.5) is 4.39 Å². The molecule has 1 unspecified atom stereocenters. The number of rotatable bonds is 2. The van der Waals surface area contributed by atoms with Crippen molar-refractivity contribution >= 4 is 11.7 Å². The highest BCUT2D eigenvalue weighted by Crippen LogP contribution is 2.24. The number of aromatic nitrogens is 1. The lowest BCUT2D eigenvalue weighted by molar-refractivity contribution is 0.0795. The maximum absolute atomic E-state index is 13.0. The second kappa shape index (κ2) is 5.32. The average molecular weight is 286 g/mol. The normalized spacial score (nSPS) is 16.8. The SMILES string of the molecule is O=C(NC1COc2ccccc2C1=O)c1cncc(F)c1. The number of ketones is 1. The number of benzene rings is 1. The Kier molecular flexibility index (Phi) is 3.35. The number of para-hydroxylation sites is 1. The number of nitrogens with zero attached hydrogens (tertiary/aromatic N) is 1. The van der Waals surface area contributed by atoms with Gasteiger partial charge in [0.1, 0.15) is 24.2 Å². The summed E-state index contributed by atoms with van der Waals surface area (Å²) in [7, 11) is 0. The van der Waals surface area contributed by atoms with Crippen molar-refractivity contribution in [1.82, 2.24) is 10.3 Å². The summed E-state index contributed by atoms with van der Waals surface area (Å²) in [4.78, 5) is 27.9. The summed E-state index contributed by atoms with van der Waals surface area (Å²) < 4.78 is 18.5. The largest absolute Gasteiger partial charge is 0.490 e. The van der Waals surface area contributed by atoms with E-state index in [0.717, 1.165) is 12.3 Å². The molecule has 1 atom stereocenters. The highest BCUT2D eigenvalue weighted by molar-refractivity contribution is 6.06. The van der Waals surface area contributed by atoms with Gasteiger partial charge in [0.15, 0.2) is 5.78 Å². The van der Waals surface area contributed by atoms with Gasteiger partial charge in [0, 0.05) is 6.20 Å². The number of hydrogen-bond acceptors (Lipinski definition) is 4. The minimum absolute atomic E-state index is 0.0460. The molecule has 0 saturated heterocycles. The zero-order valence-corrected chi connectivity index (χ0v) is 10.9. The van der Waals surface area contributed by atoms with Gasteiger partial charge in [-0.15, -0.1) is 0 Å². The predicted molar refractivity (Wildman–Crippen MR) is 71.7 cm³/mol. The first-order chi connectivity index (χ1) is 10.1. The number of halogens is 1. The van der Waals surface area contributed by atoms with Crippen molar-refractivity contribution in [2.45, 2.75) is 6.04 Å². The molecule has 0 bridgehead atoms. The van der Waals surface area contributed by atoms with Gasteiger partial charge in [-0.2, -0.15) is 0 Å². The average Bonchev–Trinajstić information content (AvgIpc) is 2.50. The molecule has 1 aromatic heterocycles. The number of carbonyl (C=O) groups is 2. The van der Waals surface area contributed by atoms with E-state index in [0.29, 0.717) is 11.3 Å². The molecular formula is C15H11FN2O3. The van der Waals surface area contributed by atoms with E-state index in [2.05, 4.69) is 10.3 Å². The molecule has 3 rings (SSSR count). The summed E-state index contributed by atoms with van der Waals surface area (Å²) in [5.41, 5.74) is 0.480. The lowest BCUT2D eigenvalue weighted by Gasteiger charge is -2.24. The molecule has 1 N–H and O–H groups in total. The monoisotopic (exact) mass is 286 g/mol. The van der Waals surface area contributed by atoms with Gasteiger partial charge in [-0.1, -0.05) is 12.1 Å². The molecule has 21 heavy (non-hydrogen) atoms. The van der Waals surface area contributed by atoms with Gasteiger partial charge in [-0.3, -0.25) is 14.6 Å². The highest BCUT2D eigenvalue weighted by Gasteiger charge is 2.30. The minimum Gasteiger partial charge on any atom is -0.490 e. The van der Waals surface area contributed by atoms with Crippen LogP contribution in [0.25, 0.3) is 0 Å². The fourth-order valence-corrected chi connectivity index (χ4v) is 2.12. The molecule has 2 aromatic rings. The van der Waals surface area contributed by atoms with E-state index in [1.165, 1.54) is 6.20 Å². The number of pyridine rings is 1. The van der Waals surface area contributed by atoms with Gasteiger partial charge in [-0.05, 0) is 18.2 Å². The summed E-state index contributed by atoms with van der Waals surface area (Å²) in [5, 5.41) is 2.53. The van der Waals surface area contributed by atoms with Crippen LogP contribution < -0.4 is 10.1 Å². The molecule has 0 aliphatic carbocycles. The van der Waals surface area contributed by atoms with Crippen LogP contribution in [0.3, 0.4) is 0 Å². The molecule has 1 amide bonds. The first-order valence-corrected chi connectivity index (χ1v) is 6.32. The van der Waals surface area contributed by atoms with E-state index in [9.17, 15) is 14.0 Å². The lowest BCUT2D eigenvalue weighted by atomic mass is 10.0. The van der Waals surface area contributed by atoms with Gasteiger partial charge >= 0.3 is 0 Å². The Balaban J connectivity index is 1.78. The fraction of sp³-hybridized carbons (Fsp3) is 0.133. The Morgan fingerprint density at radius 1 is 1.33 bits per heavy atom. The van der Waals surface area contributed by atoms with Crippen molar-refractivity contribution in [3.05, 3.63) is 59.7 Å². The zero-order valence-electron chi connectivity index (χ0n) is 10.9. The number of fused-ring (bicyclic) bond motifs is 1. The van der Waals surface area contributed by atoms with E-state index in [1.807, 2.05) is 0 Å². The second-order valence-corrected chi connectivity index (χ2v) is 4.59. The first kappa shape index (κ1) is 13.2. The van der Waals surface area contributed by atoms with Gasteiger partial charge in [0.25, 0.3) is 5.91 Å². The number of Topliss-reactive ketones (excluding diaryl/α,β-unsaturated/α-hetero) is 1. The third-order valence-corrected chi connectivity index (χ3v) is 3.15. The Hall–Kier alpha value is -2.76. The molecule has 1 aliphatic rings. The van der Waals surface area contributed by atoms with E-state index in [4.69, 9.17) is 4.74 Å². The molecule has 1 aromatic carbocycles. The third-order valence-electron chi connectivity index (χ3n) is 3.15. The quantitative estimate of drug-likeness (QED) is 0.910. The standard InChI is InChI=1S/C15H11FN2O3/c16-10-5-9(6-17-7-10)15(20)18-12-8-21-13-4-2-1-3-11(13)14(12)19/h1-7,12H,8H2,(H,18,20). The van der Waals surface area contributed by atoms with Crippen LogP contribution in [-0.4, -0.2) is 29.3 Å². The Morgan fingerprint density at radius 2 is 2.14 bits per heavy atom. The van der Waals surface area contributed by atoms with Crippen LogP contribution in [0.1, 0.15) is 20.7 Å². The first-order valence-electron chi connectivity index (χ1n) is 6.32. The smallest absolute Gasteiger partial charge is 0.253 e. The number of carbonyl (C=O) groups excluding carboxylic acids is 2. The summed E-state index contributed by atoms with van der Waals surface area (Å²) in [6, 6.07) is 7.09. The number of ether oxygens (including phenoxy) is 1. The molecular weight excluding hydrogens is 275 g/mol. The number of nitrogens with one attached hydrogen (secondary N) is 1. The Bertz CT molecular complexity index is 718. The number of hydrogen-bond donors (Lipinski definition) is 1. The topological polar surface area (TPSA) is 68.3 Å². The van der Waals surface area contributed by atoms with Gasteiger partial charge in [0.05, 0.1) is 17.3 Å². The van der Waals surface area contributed by atoms with Crippen molar-refractivity contribution < 1.29 is 18.7 Å². The van der Waals surface area contributed by atoms with Crippen LogP contribution in [0, 0.1) is 5.82 Å². The Morgan fingerprint density at radius 3 is 2.95 bits per heavy atom. The molecule has 0 saturated carbocycles. The van der Waals surface area contributed by atoms with Gasteiger partial charge in [0.2, 0.25) is 0 Å². The van der Waals surface area contributed by atoms with E-state index in [-0.39, 0.29) is 18.0 Å². The van der Waals surface area contributed by atoms with Crippen molar-refractivity contribution in [3.8, 4) is 5.75 Å². The van der Waals surface area contributed by atoms with Crippen LogP contribution in [-0.2, 0) is 0 Å². The molecule has 0 radical (unpaired) electrons. The van der Waals surface area contributed by atoms with Crippen molar-refractivity contribution in [2.24, 2.45) is 0 Å². The van der Waals surface area contributed by atoms with Crippen LogP contribution in [0.15, 0.2) is 42.7 Å². The lowest BCUT2D eigenvalue weighted by Crippen LogP contribution is -2.47. The van der Waals surface area contributed by atoms with Crippen LogP contribution >= 0.6 is 0 Å².